The molecule has 0 saturated carbocycles. The van der Waals surface area contributed by atoms with Gasteiger partial charge >= 0.3 is 6.09 Å². The van der Waals surface area contributed by atoms with E-state index < -0.39 is 10.0 Å². The van der Waals surface area contributed by atoms with Crippen molar-refractivity contribution in [3.63, 3.8) is 0 Å². The number of rotatable bonds is 4. The Bertz CT molecular complexity index is 1100. The number of carbonyl (C=O) groups is 2. The van der Waals surface area contributed by atoms with Crippen LogP contribution in [0, 0.1) is 5.92 Å². The lowest BCUT2D eigenvalue weighted by molar-refractivity contribution is -0.138. The van der Waals surface area contributed by atoms with Gasteiger partial charge in [-0.05, 0) is 42.7 Å². The van der Waals surface area contributed by atoms with Crippen molar-refractivity contribution in [3.8, 4) is 0 Å². The maximum absolute atomic E-state index is 13.3. The fourth-order valence-corrected chi connectivity index (χ4v) is 5.98. The predicted molar refractivity (Wildman–Crippen MR) is 121 cm³/mol. The molecule has 1 atom stereocenters. The third-order valence-electron chi connectivity index (χ3n) is 6.21. The van der Waals surface area contributed by atoms with E-state index in [1.807, 2.05) is 30.3 Å². The van der Waals surface area contributed by atoms with Crippen LogP contribution in [0.2, 0.25) is 0 Å². The van der Waals surface area contributed by atoms with Gasteiger partial charge in [-0.2, -0.15) is 4.31 Å². The molecule has 2 aromatic rings. The highest BCUT2D eigenvalue weighted by atomic mass is 32.2. The fourth-order valence-electron chi connectivity index (χ4n) is 4.42. The Labute approximate surface area is 188 Å². The van der Waals surface area contributed by atoms with E-state index in [2.05, 4.69) is 0 Å². The van der Waals surface area contributed by atoms with Crippen LogP contribution in [-0.2, 0) is 19.6 Å². The molecule has 2 fully saturated rings. The highest BCUT2D eigenvalue weighted by Crippen LogP contribution is 2.27. The maximum atomic E-state index is 13.3. The number of piperazine rings is 1. The minimum Gasteiger partial charge on any atom is -0.450 e. The Hall–Kier alpha value is -2.65. The van der Waals surface area contributed by atoms with Gasteiger partial charge < -0.3 is 14.5 Å². The van der Waals surface area contributed by atoms with Crippen LogP contribution in [0.4, 0.5) is 4.79 Å². The van der Waals surface area contributed by atoms with Crippen LogP contribution in [0.25, 0.3) is 10.8 Å². The summed E-state index contributed by atoms with van der Waals surface area (Å²) in [5.41, 5.74) is 0. The number of piperidine rings is 1. The molecule has 9 heteroatoms. The van der Waals surface area contributed by atoms with Gasteiger partial charge in [0.15, 0.2) is 0 Å². The summed E-state index contributed by atoms with van der Waals surface area (Å²) in [5.74, 6) is -0.403. The molecule has 8 nitrogen and oxygen atoms in total. The van der Waals surface area contributed by atoms with E-state index in [0.717, 1.165) is 10.8 Å². The van der Waals surface area contributed by atoms with Gasteiger partial charge in [-0.3, -0.25) is 4.79 Å². The summed E-state index contributed by atoms with van der Waals surface area (Å²) in [4.78, 5) is 28.6. The fraction of sp³-hybridized carbons (Fsp3) is 0.478. The summed E-state index contributed by atoms with van der Waals surface area (Å²) >= 11 is 0. The summed E-state index contributed by atoms with van der Waals surface area (Å²) in [5, 5.41) is 1.86. The molecule has 2 aliphatic heterocycles. The summed E-state index contributed by atoms with van der Waals surface area (Å²) in [6, 6.07) is 12.8. The first-order valence-electron chi connectivity index (χ1n) is 11.1. The lowest BCUT2D eigenvalue weighted by atomic mass is 9.98. The van der Waals surface area contributed by atoms with Crippen molar-refractivity contribution >= 4 is 32.8 Å². The Balaban J connectivity index is 1.42. The quantitative estimate of drug-likeness (QED) is 0.701. The van der Waals surface area contributed by atoms with E-state index in [9.17, 15) is 18.0 Å². The van der Waals surface area contributed by atoms with Crippen LogP contribution in [0.1, 0.15) is 19.8 Å². The number of fused-ring (bicyclic) bond motifs is 1. The third-order valence-corrected chi connectivity index (χ3v) is 8.07. The second kappa shape index (κ2) is 9.46. The zero-order chi connectivity index (χ0) is 22.7. The Morgan fingerprint density at radius 3 is 2.38 bits per heavy atom. The van der Waals surface area contributed by atoms with Gasteiger partial charge in [-0.15, -0.1) is 0 Å². The Kier molecular flexibility index (Phi) is 6.66. The number of carbonyl (C=O) groups excluding carboxylic acids is 2. The van der Waals surface area contributed by atoms with E-state index in [1.165, 1.54) is 4.31 Å². The van der Waals surface area contributed by atoms with Crippen LogP contribution in [-0.4, -0.2) is 80.4 Å². The maximum Gasteiger partial charge on any atom is 0.409 e. The highest BCUT2D eigenvalue weighted by Gasteiger charge is 2.36. The average molecular weight is 460 g/mol. The monoisotopic (exact) mass is 459 g/mol. The van der Waals surface area contributed by atoms with Crippen LogP contribution in [0.15, 0.2) is 47.4 Å². The third kappa shape index (κ3) is 4.59. The van der Waals surface area contributed by atoms with E-state index in [4.69, 9.17) is 4.74 Å². The van der Waals surface area contributed by atoms with Crippen LogP contribution in [0.3, 0.4) is 0 Å². The van der Waals surface area contributed by atoms with Gasteiger partial charge in [0.05, 0.1) is 17.4 Å². The predicted octanol–water partition coefficient (Wildman–Crippen LogP) is 2.54. The Morgan fingerprint density at radius 2 is 1.66 bits per heavy atom. The molecule has 2 heterocycles. The molecule has 0 spiro atoms. The molecule has 2 aromatic carbocycles. The first-order valence-corrected chi connectivity index (χ1v) is 12.5. The zero-order valence-corrected chi connectivity index (χ0v) is 19.1. The van der Waals surface area contributed by atoms with Crippen LogP contribution >= 0.6 is 0 Å². The molecule has 0 aromatic heterocycles. The molecule has 0 aliphatic carbocycles. The van der Waals surface area contributed by atoms with Crippen molar-refractivity contribution in [2.24, 2.45) is 5.92 Å². The molecular formula is C23H29N3O5S. The van der Waals surface area contributed by atoms with Crippen LogP contribution < -0.4 is 0 Å². The molecule has 2 saturated heterocycles. The minimum absolute atomic E-state index is 0.0353. The van der Waals surface area contributed by atoms with Gasteiger partial charge in [0.2, 0.25) is 15.9 Å². The van der Waals surface area contributed by atoms with Gasteiger partial charge in [-0.25, -0.2) is 13.2 Å². The SMILES string of the molecule is CCOC(=O)N1CCN(C(=O)[C@@H]2CCCN(S(=O)(=O)c3ccc4ccccc4c3)C2)CC1. The van der Waals surface area contributed by atoms with Crippen molar-refractivity contribution < 1.29 is 22.7 Å². The second-order valence-electron chi connectivity index (χ2n) is 8.22. The highest BCUT2D eigenvalue weighted by molar-refractivity contribution is 7.89. The first kappa shape index (κ1) is 22.5. The van der Waals surface area contributed by atoms with E-state index in [0.29, 0.717) is 52.2 Å². The largest absolute Gasteiger partial charge is 0.450 e. The number of nitrogens with zero attached hydrogens (tertiary/aromatic N) is 3. The topological polar surface area (TPSA) is 87.2 Å². The standard InChI is InChI=1S/C23H29N3O5S/c1-2-31-23(28)25-14-12-24(13-15-25)22(27)20-8-5-11-26(17-20)32(29,30)21-10-9-18-6-3-4-7-19(18)16-21/h3-4,6-7,9-10,16,20H,2,5,8,11-15,17H2,1H3/t20-/m1/s1. The lowest BCUT2D eigenvalue weighted by Crippen LogP contribution is -2.54. The molecule has 0 bridgehead atoms. The summed E-state index contributed by atoms with van der Waals surface area (Å²) in [6.45, 7) is 4.41. The molecule has 172 valence electrons. The number of hydrogen-bond donors (Lipinski definition) is 0. The van der Waals surface area contributed by atoms with Gasteiger partial charge in [0.1, 0.15) is 0 Å². The van der Waals surface area contributed by atoms with Crippen molar-refractivity contribution in [2.75, 3.05) is 45.9 Å². The molecule has 0 N–H and O–H groups in total. The Morgan fingerprint density at radius 1 is 0.969 bits per heavy atom. The van der Waals surface area contributed by atoms with Gasteiger partial charge in [0, 0.05) is 39.3 Å². The van der Waals surface area contributed by atoms with Crippen LogP contribution in [0.5, 0.6) is 0 Å². The molecule has 0 unspecified atom stereocenters. The van der Waals surface area contributed by atoms with Gasteiger partial charge in [-0.1, -0.05) is 30.3 Å². The van der Waals surface area contributed by atoms with Crippen molar-refractivity contribution in [2.45, 2.75) is 24.7 Å². The van der Waals surface area contributed by atoms with Crippen molar-refractivity contribution in [1.82, 2.24) is 14.1 Å². The molecule has 2 amide bonds. The number of benzene rings is 2. The molecule has 0 radical (unpaired) electrons. The lowest BCUT2D eigenvalue weighted by Gasteiger charge is -2.38. The molecular weight excluding hydrogens is 430 g/mol. The molecule has 32 heavy (non-hydrogen) atoms. The molecule has 4 rings (SSSR count). The van der Waals surface area contributed by atoms with E-state index in [-0.39, 0.29) is 29.4 Å². The smallest absolute Gasteiger partial charge is 0.409 e. The minimum atomic E-state index is -3.68. The first-order chi connectivity index (χ1) is 15.4. The van der Waals surface area contributed by atoms with E-state index >= 15 is 0 Å². The number of hydrogen-bond acceptors (Lipinski definition) is 5. The summed E-state index contributed by atoms with van der Waals surface area (Å²) in [6.07, 6.45) is 0.956. The number of sulfonamides is 1. The number of ether oxygens (including phenoxy) is 1. The average Bonchev–Trinajstić information content (AvgIpc) is 2.83. The van der Waals surface area contributed by atoms with Crippen molar-refractivity contribution in [3.05, 3.63) is 42.5 Å². The zero-order valence-electron chi connectivity index (χ0n) is 18.3. The van der Waals surface area contributed by atoms with Crippen molar-refractivity contribution in [1.29, 1.82) is 0 Å². The van der Waals surface area contributed by atoms with Gasteiger partial charge in [0.25, 0.3) is 0 Å². The summed E-state index contributed by atoms with van der Waals surface area (Å²) < 4.78 is 33.1. The van der Waals surface area contributed by atoms with E-state index in [1.54, 1.807) is 28.9 Å². The summed E-state index contributed by atoms with van der Waals surface area (Å²) in [7, 11) is -3.68. The number of amides is 2. The second-order valence-corrected chi connectivity index (χ2v) is 10.2. The normalized spacial score (nSPS) is 20.3. The molecule has 2 aliphatic rings.